The van der Waals surface area contributed by atoms with Crippen molar-refractivity contribution in [1.29, 1.82) is 0 Å². The summed E-state index contributed by atoms with van der Waals surface area (Å²) in [7, 11) is 0. The third kappa shape index (κ3) is 2.67. The molecule has 2 aromatic rings. The molecule has 0 aliphatic carbocycles. The van der Waals surface area contributed by atoms with E-state index in [-0.39, 0.29) is 11.7 Å². The van der Waals surface area contributed by atoms with E-state index in [0.717, 1.165) is 24.0 Å². The van der Waals surface area contributed by atoms with Crippen LogP contribution in [0, 0.1) is 0 Å². The minimum Gasteiger partial charge on any atom is -0.490 e. The summed E-state index contributed by atoms with van der Waals surface area (Å²) >= 11 is 0. The summed E-state index contributed by atoms with van der Waals surface area (Å²) in [5.74, 6) is 0.751. The van der Waals surface area contributed by atoms with Gasteiger partial charge in [0.15, 0.2) is 0 Å². The van der Waals surface area contributed by atoms with Gasteiger partial charge in [0.1, 0.15) is 11.3 Å². The van der Waals surface area contributed by atoms with E-state index in [1.54, 1.807) is 12.1 Å². The highest BCUT2D eigenvalue weighted by Gasteiger charge is 2.06. The third-order valence-electron chi connectivity index (χ3n) is 2.81. The van der Waals surface area contributed by atoms with Gasteiger partial charge in [-0.2, -0.15) is 0 Å². The zero-order chi connectivity index (χ0) is 12.3. The summed E-state index contributed by atoms with van der Waals surface area (Å²) in [6.07, 6.45) is 2.14. The minimum absolute atomic E-state index is 0.211. The normalized spacial score (nSPS) is 11.0. The summed E-state index contributed by atoms with van der Waals surface area (Å²) < 4.78 is 10.9. The molecule has 0 radical (unpaired) electrons. The molecule has 0 spiro atoms. The van der Waals surface area contributed by atoms with Crippen molar-refractivity contribution in [3.05, 3.63) is 40.8 Å². The Morgan fingerprint density at radius 1 is 1.18 bits per heavy atom. The standard InChI is InChI=1S/C14H16O3/c1-3-11(4-2)16-12-7-5-10-6-8-14(15)17-13(10)9-12/h5-9,11H,3-4H2,1-2H3. The van der Waals surface area contributed by atoms with Gasteiger partial charge in [-0.15, -0.1) is 0 Å². The molecule has 0 bridgehead atoms. The molecule has 0 atom stereocenters. The number of hydrogen-bond donors (Lipinski definition) is 0. The third-order valence-corrected chi connectivity index (χ3v) is 2.81. The Balaban J connectivity index is 2.33. The zero-order valence-electron chi connectivity index (χ0n) is 10.1. The molecule has 0 unspecified atom stereocenters. The van der Waals surface area contributed by atoms with Gasteiger partial charge in [0, 0.05) is 17.5 Å². The van der Waals surface area contributed by atoms with Gasteiger partial charge >= 0.3 is 5.63 Å². The smallest absolute Gasteiger partial charge is 0.336 e. The van der Waals surface area contributed by atoms with Crippen molar-refractivity contribution in [2.45, 2.75) is 32.8 Å². The van der Waals surface area contributed by atoms with Crippen LogP contribution in [0.25, 0.3) is 11.0 Å². The Bertz CT molecular complexity index is 553. The Labute approximate surface area is 100 Å². The zero-order valence-corrected chi connectivity index (χ0v) is 10.1. The molecule has 0 amide bonds. The summed E-state index contributed by atoms with van der Waals surface area (Å²) in [4.78, 5) is 11.1. The lowest BCUT2D eigenvalue weighted by molar-refractivity contribution is 0.193. The molecule has 0 aliphatic rings. The average Bonchev–Trinajstić information content (AvgIpc) is 2.35. The second-order valence-corrected chi connectivity index (χ2v) is 4.01. The molecular formula is C14H16O3. The van der Waals surface area contributed by atoms with E-state index in [0.29, 0.717) is 5.58 Å². The van der Waals surface area contributed by atoms with Gasteiger partial charge in [-0.1, -0.05) is 13.8 Å². The minimum atomic E-state index is -0.336. The fourth-order valence-corrected chi connectivity index (χ4v) is 1.76. The van der Waals surface area contributed by atoms with E-state index in [9.17, 15) is 4.79 Å². The molecule has 1 heterocycles. The van der Waals surface area contributed by atoms with Crippen LogP contribution in [-0.2, 0) is 0 Å². The van der Waals surface area contributed by atoms with Gasteiger partial charge in [-0.25, -0.2) is 4.79 Å². The maximum atomic E-state index is 11.1. The van der Waals surface area contributed by atoms with Crippen molar-refractivity contribution < 1.29 is 9.15 Å². The van der Waals surface area contributed by atoms with Crippen LogP contribution in [-0.4, -0.2) is 6.10 Å². The van der Waals surface area contributed by atoms with Crippen molar-refractivity contribution in [3.8, 4) is 5.75 Å². The first-order valence-electron chi connectivity index (χ1n) is 5.93. The number of rotatable bonds is 4. The Kier molecular flexibility index (Phi) is 3.47. The van der Waals surface area contributed by atoms with E-state index in [1.807, 2.05) is 12.1 Å². The van der Waals surface area contributed by atoms with Crippen LogP contribution in [0.3, 0.4) is 0 Å². The Morgan fingerprint density at radius 2 is 1.88 bits per heavy atom. The lowest BCUT2D eigenvalue weighted by Gasteiger charge is -2.15. The number of hydrogen-bond acceptors (Lipinski definition) is 3. The van der Waals surface area contributed by atoms with Crippen LogP contribution in [0.4, 0.5) is 0 Å². The molecule has 0 saturated heterocycles. The van der Waals surface area contributed by atoms with Gasteiger partial charge in [0.05, 0.1) is 6.10 Å². The van der Waals surface area contributed by atoms with Crippen molar-refractivity contribution in [2.75, 3.05) is 0 Å². The molecule has 1 aromatic carbocycles. The SMILES string of the molecule is CCC(CC)Oc1ccc2ccc(=O)oc2c1. The Hall–Kier alpha value is -1.77. The van der Waals surface area contributed by atoms with Crippen LogP contribution < -0.4 is 10.4 Å². The second kappa shape index (κ2) is 5.04. The van der Waals surface area contributed by atoms with Crippen LogP contribution in [0.1, 0.15) is 26.7 Å². The molecule has 0 aliphatic heterocycles. The molecule has 90 valence electrons. The topological polar surface area (TPSA) is 39.4 Å². The quantitative estimate of drug-likeness (QED) is 0.759. The van der Waals surface area contributed by atoms with Gasteiger partial charge in [-0.3, -0.25) is 0 Å². The maximum Gasteiger partial charge on any atom is 0.336 e. The van der Waals surface area contributed by atoms with Gasteiger partial charge in [-0.05, 0) is 31.0 Å². The van der Waals surface area contributed by atoms with Gasteiger partial charge in [0.25, 0.3) is 0 Å². The maximum absolute atomic E-state index is 11.1. The predicted molar refractivity (Wildman–Crippen MR) is 67.5 cm³/mol. The van der Waals surface area contributed by atoms with Gasteiger partial charge < -0.3 is 9.15 Å². The highest BCUT2D eigenvalue weighted by atomic mass is 16.5. The summed E-state index contributed by atoms with van der Waals surface area (Å²) in [6.45, 7) is 4.19. The molecule has 3 heteroatoms. The molecule has 2 rings (SSSR count). The van der Waals surface area contributed by atoms with Crippen LogP contribution in [0.15, 0.2) is 39.5 Å². The summed E-state index contributed by atoms with van der Waals surface area (Å²) in [5.41, 5.74) is 0.234. The molecular weight excluding hydrogens is 216 g/mol. The molecule has 1 aromatic heterocycles. The van der Waals surface area contributed by atoms with E-state index in [4.69, 9.17) is 9.15 Å². The van der Waals surface area contributed by atoms with Crippen LogP contribution >= 0.6 is 0 Å². The highest BCUT2D eigenvalue weighted by Crippen LogP contribution is 2.21. The number of fused-ring (bicyclic) bond motifs is 1. The Morgan fingerprint density at radius 3 is 2.59 bits per heavy atom. The van der Waals surface area contributed by atoms with Crippen molar-refractivity contribution >= 4 is 11.0 Å². The molecule has 0 saturated carbocycles. The molecule has 0 fully saturated rings. The van der Waals surface area contributed by atoms with E-state index >= 15 is 0 Å². The van der Waals surface area contributed by atoms with E-state index in [2.05, 4.69) is 13.8 Å². The monoisotopic (exact) mass is 232 g/mol. The van der Waals surface area contributed by atoms with Crippen molar-refractivity contribution in [1.82, 2.24) is 0 Å². The van der Waals surface area contributed by atoms with E-state index < -0.39 is 0 Å². The predicted octanol–water partition coefficient (Wildman–Crippen LogP) is 3.36. The lowest BCUT2D eigenvalue weighted by Crippen LogP contribution is -2.13. The second-order valence-electron chi connectivity index (χ2n) is 4.01. The molecule has 3 nitrogen and oxygen atoms in total. The van der Waals surface area contributed by atoms with Crippen LogP contribution in [0.5, 0.6) is 5.75 Å². The van der Waals surface area contributed by atoms with Crippen molar-refractivity contribution in [2.24, 2.45) is 0 Å². The van der Waals surface area contributed by atoms with Gasteiger partial charge in [0.2, 0.25) is 0 Å². The number of benzene rings is 1. The summed E-state index contributed by atoms with van der Waals surface area (Å²) in [6, 6.07) is 8.75. The highest BCUT2D eigenvalue weighted by molar-refractivity contribution is 5.77. The molecule has 17 heavy (non-hydrogen) atoms. The van der Waals surface area contributed by atoms with Crippen molar-refractivity contribution in [3.63, 3.8) is 0 Å². The fraction of sp³-hybridized carbons (Fsp3) is 0.357. The lowest BCUT2D eigenvalue weighted by atomic mass is 10.2. The molecule has 0 N–H and O–H groups in total. The van der Waals surface area contributed by atoms with E-state index in [1.165, 1.54) is 6.07 Å². The first-order chi connectivity index (χ1) is 8.22. The first-order valence-corrected chi connectivity index (χ1v) is 5.93. The van der Waals surface area contributed by atoms with Crippen LogP contribution in [0.2, 0.25) is 0 Å². The average molecular weight is 232 g/mol. The summed E-state index contributed by atoms with van der Waals surface area (Å²) in [5, 5.41) is 0.904. The fourth-order valence-electron chi connectivity index (χ4n) is 1.76. The number of ether oxygens (including phenoxy) is 1. The first kappa shape index (κ1) is 11.7. The largest absolute Gasteiger partial charge is 0.490 e.